The number of anilines is 1. The maximum atomic E-state index is 12.0. The molecule has 3 aromatic rings. The van der Waals surface area contributed by atoms with Gasteiger partial charge in [-0.1, -0.05) is 24.3 Å². The van der Waals surface area contributed by atoms with E-state index >= 15 is 0 Å². The molecule has 0 atom stereocenters. The average Bonchev–Trinajstić information content (AvgIpc) is 2.43. The van der Waals surface area contributed by atoms with Crippen molar-refractivity contribution < 1.29 is 14.4 Å². The van der Waals surface area contributed by atoms with E-state index in [4.69, 9.17) is 5.73 Å². The first kappa shape index (κ1) is 14.5. The largest absolute Gasteiger partial charge is 0.398 e. The van der Waals surface area contributed by atoms with Crippen molar-refractivity contribution >= 4 is 35.1 Å². The Morgan fingerprint density at radius 2 is 1.82 bits per heavy atom. The van der Waals surface area contributed by atoms with Crippen molar-refractivity contribution in [1.82, 2.24) is 9.55 Å². The smallest absolute Gasteiger partial charge is 0.345 e. The number of aromatic nitrogens is 2. The Bertz CT molecular complexity index is 1060. The zero-order valence-corrected chi connectivity index (χ0v) is 12.1. The minimum atomic E-state index is -4.55. The van der Waals surface area contributed by atoms with Crippen molar-refractivity contribution in [2.45, 2.75) is 6.29 Å². The fraction of sp³-hybridized carbons (Fsp3) is 0.0769. The topological polar surface area (TPSA) is 138 Å². The number of hydrogen-bond acceptors (Lipinski definition) is 4. The van der Waals surface area contributed by atoms with Gasteiger partial charge in [-0.15, -0.1) is 0 Å². The highest BCUT2D eigenvalue weighted by Crippen LogP contribution is 2.38. The monoisotopic (exact) mass is 321 g/mol. The molecule has 1 aromatic heterocycles. The van der Waals surface area contributed by atoms with Crippen LogP contribution in [0, 0.1) is 0 Å². The van der Waals surface area contributed by atoms with Gasteiger partial charge in [-0.05, 0) is 6.07 Å². The second-order valence-corrected chi connectivity index (χ2v) is 6.51. The standard InChI is InChI=1S/C13H12N3O5P/c14-9-5-10-11(8-4-2-1-3-7(8)9)16(6-22(19,20)21)13(18)12(17)15-10/h1-5H,6,14H2,(H,15,17)(H2,19,20,21). The number of hydrogen-bond donors (Lipinski definition) is 4. The Hall–Kier alpha value is -2.41. The SMILES string of the molecule is Nc1cc2[nH]c(=O)c(=O)n(CP(=O)(O)O)c2c2ccccc12. The summed E-state index contributed by atoms with van der Waals surface area (Å²) in [6.45, 7) is 0. The van der Waals surface area contributed by atoms with E-state index in [0.29, 0.717) is 16.5 Å². The van der Waals surface area contributed by atoms with E-state index in [1.54, 1.807) is 24.3 Å². The quantitative estimate of drug-likeness (QED) is 0.235. The van der Waals surface area contributed by atoms with Gasteiger partial charge in [0.05, 0.1) is 11.0 Å². The number of nitrogens with one attached hydrogen (secondary N) is 1. The van der Waals surface area contributed by atoms with Crippen LogP contribution in [0.15, 0.2) is 39.9 Å². The molecule has 0 fully saturated rings. The Kier molecular flexibility index (Phi) is 3.17. The second kappa shape index (κ2) is 4.81. The highest BCUT2D eigenvalue weighted by Gasteiger charge is 2.20. The summed E-state index contributed by atoms with van der Waals surface area (Å²) < 4.78 is 12.1. The molecular weight excluding hydrogens is 309 g/mol. The first-order valence-electron chi connectivity index (χ1n) is 6.26. The van der Waals surface area contributed by atoms with Crippen molar-refractivity contribution in [2.24, 2.45) is 0 Å². The van der Waals surface area contributed by atoms with Crippen LogP contribution in [0.3, 0.4) is 0 Å². The van der Waals surface area contributed by atoms with Gasteiger partial charge in [-0.3, -0.25) is 18.7 Å². The van der Waals surface area contributed by atoms with Crippen LogP contribution in [-0.4, -0.2) is 19.3 Å². The fourth-order valence-electron chi connectivity index (χ4n) is 2.49. The Morgan fingerprint density at radius 3 is 2.45 bits per heavy atom. The van der Waals surface area contributed by atoms with Crippen LogP contribution in [0.25, 0.3) is 21.8 Å². The lowest BCUT2D eigenvalue weighted by molar-refractivity contribution is 0.362. The lowest BCUT2D eigenvalue weighted by atomic mass is 10.1. The van der Waals surface area contributed by atoms with Crippen LogP contribution in [0.4, 0.5) is 5.69 Å². The van der Waals surface area contributed by atoms with Gasteiger partial charge in [0.15, 0.2) is 0 Å². The molecule has 1 heterocycles. The minimum absolute atomic E-state index is 0.234. The van der Waals surface area contributed by atoms with E-state index in [1.807, 2.05) is 0 Å². The number of aromatic amines is 1. The van der Waals surface area contributed by atoms with E-state index in [1.165, 1.54) is 6.07 Å². The van der Waals surface area contributed by atoms with Crippen LogP contribution >= 0.6 is 7.60 Å². The summed E-state index contributed by atoms with van der Waals surface area (Å²) in [4.78, 5) is 44.5. The summed E-state index contributed by atoms with van der Waals surface area (Å²) in [6.07, 6.45) is -0.875. The zero-order chi connectivity index (χ0) is 16.1. The third kappa shape index (κ3) is 2.33. The summed E-state index contributed by atoms with van der Waals surface area (Å²) in [6, 6.07) is 8.32. The third-order valence-electron chi connectivity index (χ3n) is 3.33. The number of nitrogens with zero attached hydrogens (tertiary/aromatic N) is 1. The highest BCUT2D eigenvalue weighted by molar-refractivity contribution is 7.50. The van der Waals surface area contributed by atoms with Crippen LogP contribution in [-0.2, 0) is 10.9 Å². The van der Waals surface area contributed by atoms with Crippen molar-refractivity contribution in [2.75, 3.05) is 5.73 Å². The molecule has 9 heteroatoms. The van der Waals surface area contributed by atoms with Gasteiger partial charge in [-0.2, -0.15) is 0 Å². The first-order chi connectivity index (χ1) is 10.3. The summed E-state index contributed by atoms with van der Waals surface area (Å²) in [5.41, 5.74) is 4.81. The molecule has 0 aliphatic carbocycles. The van der Waals surface area contributed by atoms with Crippen molar-refractivity contribution in [3.05, 3.63) is 51.0 Å². The van der Waals surface area contributed by atoms with Gasteiger partial charge in [0.25, 0.3) is 0 Å². The normalized spacial score (nSPS) is 12.1. The summed E-state index contributed by atoms with van der Waals surface area (Å²) in [5, 5.41) is 1.15. The minimum Gasteiger partial charge on any atom is -0.398 e. The summed E-state index contributed by atoms with van der Waals surface area (Å²) in [7, 11) is -4.55. The van der Waals surface area contributed by atoms with Crippen molar-refractivity contribution in [3.63, 3.8) is 0 Å². The molecule has 0 radical (unpaired) electrons. The van der Waals surface area contributed by atoms with Crippen molar-refractivity contribution in [1.29, 1.82) is 0 Å². The van der Waals surface area contributed by atoms with Gasteiger partial charge in [-0.25, -0.2) is 0 Å². The van der Waals surface area contributed by atoms with Gasteiger partial charge in [0.1, 0.15) is 6.29 Å². The Balaban J connectivity index is 2.59. The van der Waals surface area contributed by atoms with E-state index in [-0.39, 0.29) is 11.0 Å². The molecule has 2 aromatic carbocycles. The molecule has 114 valence electrons. The van der Waals surface area contributed by atoms with E-state index in [2.05, 4.69) is 4.98 Å². The van der Waals surface area contributed by atoms with Gasteiger partial charge in [0.2, 0.25) is 0 Å². The molecule has 5 N–H and O–H groups in total. The molecule has 0 aliphatic heterocycles. The maximum Gasteiger partial charge on any atom is 0.345 e. The van der Waals surface area contributed by atoms with Gasteiger partial charge >= 0.3 is 18.7 Å². The zero-order valence-electron chi connectivity index (χ0n) is 11.2. The van der Waals surface area contributed by atoms with Crippen LogP contribution in [0.1, 0.15) is 0 Å². The molecule has 8 nitrogen and oxygen atoms in total. The summed E-state index contributed by atoms with van der Waals surface area (Å²) >= 11 is 0. The second-order valence-electron chi connectivity index (χ2n) is 4.90. The number of H-pyrrole nitrogens is 1. The number of benzene rings is 2. The predicted octanol–water partition coefficient (Wildman–Crippen LogP) is 0.560. The van der Waals surface area contributed by atoms with E-state index in [9.17, 15) is 23.9 Å². The third-order valence-corrected chi connectivity index (χ3v) is 3.98. The molecule has 0 saturated carbocycles. The molecule has 0 bridgehead atoms. The molecule has 22 heavy (non-hydrogen) atoms. The maximum absolute atomic E-state index is 12.0. The fourth-order valence-corrected chi connectivity index (χ4v) is 3.13. The summed E-state index contributed by atoms with van der Waals surface area (Å²) in [5.74, 6) is 0. The Morgan fingerprint density at radius 1 is 1.18 bits per heavy atom. The van der Waals surface area contributed by atoms with Crippen LogP contribution in [0.5, 0.6) is 0 Å². The lowest BCUT2D eigenvalue weighted by Crippen LogP contribution is -2.36. The molecule has 3 rings (SSSR count). The highest BCUT2D eigenvalue weighted by atomic mass is 31.2. The Labute approximate surface area is 123 Å². The average molecular weight is 321 g/mol. The van der Waals surface area contributed by atoms with Crippen LogP contribution < -0.4 is 16.9 Å². The van der Waals surface area contributed by atoms with Crippen molar-refractivity contribution in [3.8, 4) is 0 Å². The number of nitrogens with two attached hydrogens (primary N) is 1. The van der Waals surface area contributed by atoms with E-state index in [0.717, 1.165) is 4.57 Å². The number of nitrogen functional groups attached to an aromatic ring is 1. The van der Waals surface area contributed by atoms with Gasteiger partial charge < -0.3 is 20.5 Å². The molecule has 0 unspecified atom stereocenters. The van der Waals surface area contributed by atoms with E-state index < -0.39 is 25.0 Å². The molecule has 0 spiro atoms. The number of rotatable bonds is 2. The molecule has 0 aliphatic rings. The molecular formula is C13H12N3O5P. The predicted molar refractivity (Wildman–Crippen MR) is 82.8 cm³/mol. The lowest BCUT2D eigenvalue weighted by Gasteiger charge is -2.14. The molecule has 0 saturated heterocycles. The van der Waals surface area contributed by atoms with Crippen LogP contribution in [0.2, 0.25) is 0 Å². The number of fused-ring (bicyclic) bond motifs is 3. The van der Waals surface area contributed by atoms with Gasteiger partial charge in [0, 0.05) is 16.5 Å². The molecule has 0 amide bonds. The first-order valence-corrected chi connectivity index (χ1v) is 8.06.